The van der Waals surface area contributed by atoms with Gasteiger partial charge in [-0.15, -0.1) is 0 Å². The summed E-state index contributed by atoms with van der Waals surface area (Å²) < 4.78 is 11.8. The van der Waals surface area contributed by atoms with Gasteiger partial charge in [-0.3, -0.25) is 4.98 Å². The second-order valence-electron chi connectivity index (χ2n) is 9.62. The van der Waals surface area contributed by atoms with Crippen molar-refractivity contribution in [2.24, 2.45) is 0 Å². The number of nitriles is 1. The van der Waals surface area contributed by atoms with E-state index in [1.54, 1.807) is 7.11 Å². The number of benzene rings is 3. The van der Waals surface area contributed by atoms with Crippen LogP contribution in [0.25, 0.3) is 22.0 Å². The lowest BCUT2D eigenvalue weighted by Crippen LogP contribution is -2.37. The summed E-state index contributed by atoms with van der Waals surface area (Å²) in [7, 11) is 5.70. The lowest BCUT2D eigenvalue weighted by atomic mass is 9.98. The van der Waals surface area contributed by atoms with Crippen LogP contribution in [-0.2, 0) is 11.3 Å². The van der Waals surface area contributed by atoms with Gasteiger partial charge in [0.05, 0.1) is 36.6 Å². The number of fused-ring (bicyclic) bond motifs is 1. The smallest absolute Gasteiger partial charge is 0.137 e. The molecule has 0 spiro atoms. The van der Waals surface area contributed by atoms with Crippen molar-refractivity contribution in [3.8, 4) is 22.9 Å². The molecular weight excluding hydrogens is 460 g/mol. The highest BCUT2D eigenvalue weighted by Crippen LogP contribution is 2.38. The largest absolute Gasteiger partial charge is 0.495 e. The first-order valence-corrected chi connectivity index (χ1v) is 12.7. The van der Waals surface area contributed by atoms with Gasteiger partial charge in [0, 0.05) is 49.5 Å². The van der Waals surface area contributed by atoms with Crippen molar-refractivity contribution in [1.82, 2.24) is 4.98 Å². The van der Waals surface area contributed by atoms with E-state index in [9.17, 15) is 5.26 Å². The Hall–Kier alpha value is -4.08. The summed E-state index contributed by atoms with van der Waals surface area (Å²) in [6.45, 7) is 2.36. The predicted molar refractivity (Wildman–Crippen MR) is 149 cm³/mol. The van der Waals surface area contributed by atoms with Crippen LogP contribution >= 0.6 is 0 Å². The van der Waals surface area contributed by atoms with Crippen LogP contribution in [0.3, 0.4) is 0 Å². The molecule has 0 aliphatic carbocycles. The molecule has 188 valence electrons. The molecule has 0 bridgehead atoms. The molecule has 5 rings (SSSR count). The van der Waals surface area contributed by atoms with Crippen LogP contribution < -0.4 is 14.5 Å². The quantitative estimate of drug-likeness (QED) is 0.314. The van der Waals surface area contributed by atoms with Crippen molar-refractivity contribution in [1.29, 1.82) is 5.26 Å². The maximum absolute atomic E-state index is 9.41. The van der Waals surface area contributed by atoms with Crippen LogP contribution in [0.15, 0.2) is 72.8 Å². The molecule has 3 aromatic carbocycles. The van der Waals surface area contributed by atoms with E-state index in [1.165, 1.54) is 5.69 Å². The molecule has 6 heteroatoms. The lowest BCUT2D eigenvalue weighted by molar-refractivity contribution is 0.0236. The normalized spacial score (nSPS) is 13.9. The number of para-hydroxylation sites is 1. The molecule has 0 radical (unpaired) electrons. The van der Waals surface area contributed by atoms with Crippen molar-refractivity contribution in [3.63, 3.8) is 0 Å². The Labute approximate surface area is 218 Å². The zero-order valence-electron chi connectivity index (χ0n) is 21.6. The van der Waals surface area contributed by atoms with Gasteiger partial charge in [-0.2, -0.15) is 5.26 Å². The third kappa shape index (κ3) is 5.37. The fourth-order valence-electron chi connectivity index (χ4n) is 4.92. The molecule has 1 saturated heterocycles. The van der Waals surface area contributed by atoms with Crippen LogP contribution in [0.5, 0.6) is 5.75 Å². The van der Waals surface area contributed by atoms with Gasteiger partial charge >= 0.3 is 0 Å². The minimum absolute atomic E-state index is 0.212. The molecule has 1 aromatic heterocycles. The molecule has 4 aromatic rings. The lowest BCUT2D eigenvalue weighted by Gasteiger charge is -2.35. The van der Waals surface area contributed by atoms with E-state index in [0.29, 0.717) is 17.9 Å². The van der Waals surface area contributed by atoms with E-state index in [2.05, 4.69) is 52.3 Å². The molecule has 0 amide bonds. The fraction of sp³-hybridized carbons (Fsp3) is 0.290. The number of piperidine rings is 1. The summed E-state index contributed by atoms with van der Waals surface area (Å²) in [6, 6.07) is 26.9. The number of nitrogens with zero attached hydrogens (tertiary/aromatic N) is 4. The molecule has 0 saturated carbocycles. The molecule has 1 aliphatic rings. The highest BCUT2D eigenvalue weighted by atomic mass is 16.5. The number of ether oxygens (including phenoxy) is 2. The molecule has 1 aliphatic heterocycles. The fourth-order valence-corrected chi connectivity index (χ4v) is 4.92. The van der Waals surface area contributed by atoms with Crippen LogP contribution in [-0.4, -0.2) is 45.4 Å². The highest BCUT2D eigenvalue weighted by Gasteiger charge is 2.23. The van der Waals surface area contributed by atoms with Gasteiger partial charge in [0.1, 0.15) is 11.8 Å². The van der Waals surface area contributed by atoms with E-state index in [1.807, 2.05) is 50.5 Å². The number of aromatic nitrogens is 1. The van der Waals surface area contributed by atoms with Crippen molar-refractivity contribution < 1.29 is 9.47 Å². The number of rotatable bonds is 7. The molecule has 0 unspecified atom stereocenters. The number of anilines is 2. The van der Waals surface area contributed by atoms with E-state index in [4.69, 9.17) is 14.5 Å². The molecule has 0 atom stereocenters. The van der Waals surface area contributed by atoms with E-state index in [0.717, 1.165) is 59.3 Å². The first kappa shape index (κ1) is 24.6. The summed E-state index contributed by atoms with van der Waals surface area (Å²) in [5.41, 5.74) is 7.00. The zero-order chi connectivity index (χ0) is 25.8. The average Bonchev–Trinajstić information content (AvgIpc) is 2.95. The molecule has 2 heterocycles. The molecule has 0 N–H and O–H groups in total. The summed E-state index contributed by atoms with van der Waals surface area (Å²) in [5.74, 6) is 0.593. The SMILES string of the molecule is COc1cc(-c2cc(N(C)C)ccc2N2CCC(OCc3ccc4ccccc4n3)CC2)ccc1C#N. The Morgan fingerprint density at radius 3 is 2.57 bits per heavy atom. The van der Waals surface area contributed by atoms with Gasteiger partial charge in [0.25, 0.3) is 0 Å². The van der Waals surface area contributed by atoms with Crippen LogP contribution in [0.1, 0.15) is 24.1 Å². The highest BCUT2D eigenvalue weighted by molar-refractivity contribution is 5.83. The first-order valence-electron chi connectivity index (χ1n) is 12.7. The van der Waals surface area contributed by atoms with Crippen molar-refractivity contribution in [2.75, 3.05) is 44.1 Å². The van der Waals surface area contributed by atoms with E-state index < -0.39 is 0 Å². The molecule has 1 fully saturated rings. The summed E-state index contributed by atoms with van der Waals surface area (Å²) in [4.78, 5) is 9.29. The topological polar surface area (TPSA) is 61.6 Å². The Kier molecular flexibility index (Phi) is 7.25. The number of hydrogen-bond acceptors (Lipinski definition) is 6. The van der Waals surface area contributed by atoms with Gasteiger partial charge in [-0.25, -0.2) is 0 Å². The average molecular weight is 493 g/mol. The van der Waals surface area contributed by atoms with Gasteiger partial charge in [0.2, 0.25) is 0 Å². The van der Waals surface area contributed by atoms with Crippen molar-refractivity contribution >= 4 is 22.3 Å². The maximum atomic E-state index is 9.41. The van der Waals surface area contributed by atoms with Crippen LogP contribution in [0.2, 0.25) is 0 Å². The van der Waals surface area contributed by atoms with E-state index >= 15 is 0 Å². The number of methoxy groups -OCH3 is 1. The number of hydrogen-bond donors (Lipinski definition) is 0. The zero-order valence-corrected chi connectivity index (χ0v) is 21.6. The van der Waals surface area contributed by atoms with Gasteiger partial charge in [-0.1, -0.05) is 30.3 Å². The predicted octanol–water partition coefficient (Wildman–Crippen LogP) is 6.03. The van der Waals surface area contributed by atoms with Crippen molar-refractivity contribution in [3.05, 3.63) is 84.1 Å². The number of pyridine rings is 1. The monoisotopic (exact) mass is 492 g/mol. The molecular formula is C31H32N4O2. The summed E-state index contributed by atoms with van der Waals surface area (Å²) in [6.07, 6.45) is 2.13. The summed E-state index contributed by atoms with van der Waals surface area (Å²) in [5, 5.41) is 10.6. The standard InChI is InChI=1S/C31H32N4O2/c1-34(2)26-12-13-30(28(19-26)23-8-9-24(20-32)31(18-23)36-3)35-16-14-27(15-17-35)37-21-25-11-10-22-6-4-5-7-29(22)33-25/h4-13,18-19,27H,14-17,21H2,1-3H3. The van der Waals surface area contributed by atoms with Crippen LogP contribution in [0, 0.1) is 11.3 Å². The third-order valence-electron chi connectivity index (χ3n) is 7.04. The first-order chi connectivity index (χ1) is 18.1. The molecule has 6 nitrogen and oxygen atoms in total. The van der Waals surface area contributed by atoms with Gasteiger partial charge in [0.15, 0.2) is 0 Å². The Bertz CT molecular complexity index is 1440. The van der Waals surface area contributed by atoms with E-state index in [-0.39, 0.29) is 6.10 Å². The maximum Gasteiger partial charge on any atom is 0.137 e. The third-order valence-corrected chi connectivity index (χ3v) is 7.04. The second-order valence-corrected chi connectivity index (χ2v) is 9.62. The minimum Gasteiger partial charge on any atom is -0.495 e. The Morgan fingerprint density at radius 1 is 1.00 bits per heavy atom. The van der Waals surface area contributed by atoms with Crippen molar-refractivity contribution in [2.45, 2.75) is 25.6 Å². The minimum atomic E-state index is 0.212. The van der Waals surface area contributed by atoms with Gasteiger partial charge < -0.3 is 19.3 Å². The second kappa shape index (κ2) is 10.9. The molecule has 37 heavy (non-hydrogen) atoms. The van der Waals surface area contributed by atoms with Crippen LogP contribution in [0.4, 0.5) is 11.4 Å². The van der Waals surface area contributed by atoms with Gasteiger partial charge in [-0.05, 0) is 60.9 Å². The Morgan fingerprint density at radius 2 is 1.81 bits per heavy atom. The summed E-state index contributed by atoms with van der Waals surface area (Å²) >= 11 is 0. The Balaban J connectivity index is 1.31.